The lowest BCUT2D eigenvalue weighted by atomic mass is 10.2. The highest BCUT2D eigenvalue weighted by Crippen LogP contribution is 2.24. The van der Waals surface area contributed by atoms with Crippen molar-refractivity contribution in [3.05, 3.63) is 47.8 Å². The van der Waals surface area contributed by atoms with Gasteiger partial charge in [-0.2, -0.15) is 5.10 Å². The number of aromatic nitrogens is 2. The van der Waals surface area contributed by atoms with Crippen LogP contribution in [0.25, 0.3) is 0 Å². The molecule has 3 rings (SSSR count). The van der Waals surface area contributed by atoms with Crippen molar-refractivity contribution in [2.45, 2.75) is 19.4 Å². The maximum Gasteiger partial charge on any atom is 0.276 e. The molecule has 1 atom stereocenters. The predicted octanol–water partition coefficient (Wildman–Crippen LogP) is 1.80. The van der Waals surface area contributed by atoms with E-state index in [4.69, 9.17) is 0 Å². The van der Waals surface area contributed by atoms with Gasteiger partial charge in [-0.15, -0.1) is 0 Å². The molecular formula is C15H17N3O3S. The quantitative estimate of drug-likeness (QED) is 0.935. The minimum Gasteiger partial charge on any atom is -0.321 e. The van der Waals surface area contributed by atoms with Gasteiger partial charge in [-0.3, -0.25) is 9.48 Å². The Hall–Kier alpha value is -2.15. The number of nitrogens with one attached hydrogen (secondary N) is 1. The van der Waals surface area contributed by atoms with E-state index in [1.54, 1.807) is 22.9 Å². The maximum atomic E-state index is 12.2. The van der Waals surface area contributed by atoms with Crippen molar-refractivity contribution in [3.63, 3.8) is 0 Å². The lowest BCUT2D eigenvalue weighted by Gasteiger charge is -2.10. The van der Waals surface area contributed by atoms with E-state index in [2.05, 4.69) is 10.4 Å². The molecule has 0 spiro atoms. The summed E-state index contributed by atoms with van der Waals surface area (Å²) in [7, 11) is -2.98. The summed E-state index contributed by atoms with van der Waals surface area (Å²) in [5, 5.41) is 7.07. The summed E-state index contributed by atoms with van der Waals surface area (Å²) in [5.74, 6) is -0.0217. The van der Waals surface area contributed by atoms with Gasteiger partial charge in [0.15, 0.2) is 15.5 Å². The smallest absolute Gasteiger partial charge is 0.276 e. The summed E-state index contributed by atoms with van der Waals surface area (Å²) < 4.78 is 24.8. The van der Waals surface area contributed by atoms with Crippen LogP contribution in [0.15, 0.2) is 36.4 Å². The van der Waals surface area contributed by atoms with Gasteiger partial charge < -0.3 is 5.32 Å². The topological polar surface area (TPSA) is 81.1 Å². The van der Waals surface area contributed by atoms with Crippen molar-refractivity contribution in [2.75, 3.05) is 16.8 Å². The third kappa shape index (κ3) is 3.04. The normalized spacial score (nSPS) is 20.0. The van der Waals surface area contributed by atoms with Crippen molar-refractivity contribution in [1.29, 1.82) is 0 Å². The zero-order chi connectivity index (χ0) is 15.7. The van der Waals surface area contributed by atoms with Gasteiger partial charge in [0, 0.05) is 11.4 Å². The number of amides is 1. The number of hydrogen-bond donors (Lipinski definition) is 1. The number of rotatable bonds is 3. The fraction of sp³-hybridized carbons (Fsp3) is 0.333. The molecule has 1 aliphatic rings. The fourth-order valence-electron chi connectivity index (χ4n) is 2.65. The molecule has 0 aliphatic carbocycles. The van der Waals surface area contributed by atoms with Crippen LogP contribution in [-0.2, 0) is 9.84 Å². The number of para-hydroxylation sites is 1. The number of nitrogens with zero attached hydrogens (tertiary/aromatic N) is 2. The molecule has 1 aromatic carbocycles. The van der Waals surface area contributed by atoms with Gasteiger partial charge in [0.05, 0.1) is 17.5 Å². The number of benzene rings is 1. The van der Waals surface area contributed by atoms with Crippen LogP contribution in [0, 0.1) is 6.92 Å². The lowest BCUT2D eigenvalue weighted by molar-refractivity contribution is 0.102. The van der Waals surface area contributed by atoms with Crippen LogP contribution in [0.5, 0.6) is 0 Å². The van der Waals surface area contributed by atoms with Crippen molar-refractivity contribution in [3.8, 4) is 0 Å². The summed E-state index contributed by atoms with van der Waals surface area (Å²) in [6.07, 6.45) is 0.546. The first-order chi connectivity index (χ1) is 10.4. The van der Waals surface area contributed by atoms with E-state index >= 15 is 0 Å². The van der Waals surface area contributed by atoms with E-state index < -0.39 is 9.84 Å². The van der Waals surface area contributed by atoms with Crippen LogP contribution in [0.2, 0.25) is 0 Å². The number of anilines is 1. The van der Waals surface area contributed by atoms with Crippen molar-refractivity contribution >= 4 is 21.4 Å². The summed E-state index contributed by atoms with van der Waals surface area (Å²) in [6.45, 7) is 1.83. The van der Waals surface area contributed by atoms with Crippen LogP contribution >= 0.6 is 0 Å². The highest BCUT2D eigenvalue weighted by atomic mass is 32.2. The molecule has 0 saturated carbocycles. The minimum absolute atomic E-state index is 0.0925. The zero-order valence-corrected chi connectivity index (χ0v) is 13.0. The molecule has 0 radical (unpaired) electrons. The molecule has 2 heterocycles. The minimum atomic E-state index is -2.98. The average Bonchev–Trinajstić information content (AvgIpc) is 3.02. The van der Waals surface area contributed by atoms with Crippen LogP contribution in [0.3, 0.4) is 0 Å². The van der Waals surface area contributed by atoms with Gasteiger partial charge >= 0.3 is 0 Å². The molecular weight excluding hydrogens is 302 g/mol. The molecule has 1 unspecified atom stereocenters. The summed E-state index contributed by atoms with van der Waals surface area (Å²) >= 11 is 0. The van der Waals surface area contributed by atoms with Crippen LogP contribution in [0.4, 0.5) is 5.69 Å². The number of aryl methyl sites for hydroxylation is 1. The Bertz CT molecular complexity index is 797. The van der Waals surface area contributed by atoms with E-state index in [9.17, 15) is 13.2 Å². The zero-order valence-electron chi connectivity index (χ0n) is 12.2. The number of hydrogen-bond acceptors (Lipinski definition) is 4. The van der Waals surface area contributed by atoms with Crippen molar-refractivity contribution in [2.24, 2.45) is 0 Å². The third-order valence-corrected chi connectivity index (χ3v) is 5.49. The van der Waals surface area contributed by atoms with Crippen LogP contribution < -0.4 is 5.32 Å². The van der Waals surface area contributed by atoms with Crippen LogP contribution in [-0.4, -0.2) is 35.6 Å². The molecule has 7 heteroatoms. The van der Waals surface area contributed by atoms with Gasteiger partial charge in [-0.05, 0) is 31.5 Å². The molecule has 1 amide bonds. The van der Waals surface area contributed by atoms with E-state index in [1.165, 1.54) is 0 Å². The number of carbonyl (C=O) groups is 1. The van der Waals surface area contributed by atoms with Crippen molar-refractivity contribution < 1.29 is 13.2 Å². The highest BCUT2D eigenvalue weighted by Gasteiger charge is 2.31. The number of sulfone groups is 1. The van der Waals surface area contributed by atoms with Gasteiger partial charge in [-0.1, -0.05) is 18.2 Å². The fourth-order valence-corrected chi connectivity index (χ4v) is 4.35. The Balaban J connectivity index is 1.79. The molecule has 116 valence electrons. The Labute approximate surface area is 129 Å². The first-order valence-corrected chi connectivity index (χ1v) is 8.90. The highest BCUT2D eigenvalue weighted by molar-refractivity contribution is 7.91. The van der Waals surface area contributed by atoms with Gasteiger partial charge in [-0.25, -0.2) is 8.42 Å². The lowest BCUT2D eigenvalue weighted by Crippen LogP contribution is -2.16. The average molecular weight is 319 g/mol. The van der Waals surface area contributed by atoms with E-state index in [0.29, 0.717) is 17.8 Å². The molecule has 22 heavy (non-hydrogen) atoms. The van der Waals surface area contributed by atoms with E-state index in [0.717, 1.165) is 5.69 Å². The second-order valence-electron chi connectivity index (χ2n) is 5.49. The second kappa shape index (κ2) is 5.57. The molecule has 1 aromatic heterocycles. The SMILES string of the molecule is Cc1cc(C(=O)Nc2ccccc2)nn1C1CCS(=O)(=O)C1. The molecule has 0 bridgehead atoms. The molecule has 1 aliphatic heterocycles. The largest absolute Gasteiger partial charge is 0.321 e. The second-order valence-corrected chi connectivity index (χ2v) is 7.72. The van der Waals surface area contributed by atoms with E-state index in [-0.39, 0.29) is 23.5 Å². The van der Waals surface area contributed by atoms with E-state index in [1.807, 2.05) is 25.1 Å². The Morgan fingerprint density at radius 2 is 2.05 bits per heavy atom. The molecule has 1 saturated heterocycles. The van der Waals surface area contributed by atoms with Crippen molar-refractivity contribution in [1.82, 2.24) is 9.78 Å². The van der Waals surface area contributed by atoms with Crippen LogP contribution in [0.1, 0.15) is 28.6 Å². The Morgan fingerprint density at radius 1 is 1.32 bits per heavy atom. The van der Waals surface area contributed by atoms with Gasteiger partial charge in [0.1, 0.15) is 0 Å². The van der Waals surface area contributed by atoms with Gasteiger partial charge in [0.25, 0.3) is 5.91 Å². The molecule has 1 N–H and O–H groups in total. The molecule has 2 aromatic rings. The first-order valence-electron chi connectivity index (χ1n) is 7.07. The maximum absolute atomic E-state index is 12.2. The summed E-state index contributed by atoms with van der Waals surface area (Å²) in [5.41, 5.74) is 1.79. The monoisotopic (exact) mass is 319 g/mol. The standard InChI is InChI=1S/C15H17N3O3S/c1-11-9-14(15(19)16-12-5-3-2-4-6-12)17-18(11)13-7-8-22(20,21)10-13/h2-6,9,13H,7-8,10H2,1H3,(H,16,19). The first kappa shape index (κ1) is 14.8. The summed E-state index contributed by atoms with van der Waals surface area (Å²) in [4.78, 5) is 12.2. The van der Waals surface area contributed by atoms with Gasteiger partial charge in [0.2, 0.25) is 0 Å². The predicted molar refractivity (Wildman–Crippen MR) is 83.7 cm³/mol. The number of carbonyl (C=O) groups excluding carboxylic acids is 1. The third-order valence-electron chi connectivity index (χ3n) is 3.74. The Morgan fingerprint density at radius 3 is 2.68 bits per heavy atom. The molecule has 6 nitrogen and oxygen atoms in total. The summed E-state index contributed by atoms with van der Waals surface area (Å²) in [6, 6.07) is 10.6. The Kier molecular flexibility index (Phi) is 3.74. The molecule has 1 fully saturated rings.